The predicted octanol–water partition coefficient (Wildman–Crippen LogP) is 5.88. The molecule has 0 radical (unpaired) electrons. The van der Waals surface area contributed by atoms with Gasteiger partial charge in [-0.25, -0.2) is 0 Å². The Morgan fingerprint density at radius 2 is 1.90 bits per heavy atom. The van der Waals surface area contributed by atoms with Crippen LogP contribution in [0.25, 0.3) is 0 Å². The van der Waals surface area contributed by atoms with Crippen molar-refractivity contribution in [1.82, 2.24) is 0 Å². The highest BCUT2D eigenvalue weighted by atomic mass is 32.2. The average Bonchev–Trinajstić information content (AvgIpc) is 3.40. The van der Waals surface area contributed by atoms with E-state index in [0.29, 0.717) is 5.25 Å². The van der Waals surface area contributed by atoms with Crippen LogP contribution in [0.4, 0.5) is 0 Å². The summed E-state index contributed by atoms with van der Waals surface area (Å²) < 4.78 is 0. The second-order valence-electron chi connectivity index (χ2n) is 9.04. The standard InChI is InChI=1S/C25H32O3S/c1-18-7-6-9-20(15-18)22(29-17-25(13-14-25)16-23(26)27)12-11-19-8-4-5-10-21(19)24(2,3)28/h4-10,15,22,28H,11-14,16-17H2,1-3H3,(H,26,27)/t22-/m1/s1. The molecule has 2 aromatic rings. The quantitative estimate of drug-likeness (QED) is 0.511. The van der Waals surface area contributed by atoms with Gasteiger partial charge in [0.2, 0.25) is 0 Å². The average molecular weight is 413 g/mol. The van der Waals surface area contributed by atoms with Crippen LogP contribution in [0.2, 0.25) is 0 Å². The van der Waals surface area contributed by atoms with Gasteiger partial charge >= 0.3 is 5.97 Å². The van der Waals surface area contributed by atoms with Gasteiger partial charge in [0.15, 0.2) is 0 Å². The van der Waals surface area contributed by atoms with Crippen molar-refractivity contribution in [1.29, 1.82) is 0 Å². The monoisotopic (exact) mass is 412 g/mol. The minimum absolute atomic E-state index is 0.0103. The highest BCUT2D eigenvalue weighted by Gasteiger charge is 2.44. The van der Waals surface area contributed by atoms with Gasteiger partial charge in [-0.05, 0) is 68.6 Å². The molecule has 2 N–H and O–H groups in total. The van der Waals surface area contributed by atoms with Crippen LogP contribution < -0.4 is 0 Å². The number of hydrogen-bond donors (Lipinski definition) is 2. The minimum Gasteiger partial charge on any atom is -0.481 e. The van der Waals surface area contributed by atoms with Gasteiger partial charge in [0.25, 0.3) is 0 Å². The number of carboxylic acids is 1. The Labute approximate surface area is 178 Å². The molecule has 0 heterocycles. The summed E-state index contributed by atoms with van der Waals surface area (Å²) in [4.78, 5) is 11.2. The molecular weight excluding hydrogens is 380 g/mol. The molecule has 3 rings (SSSR count). The van der Waals surface area contributed by atoms with Crippen LogP contribution in [0.1, 0.15) is 67.0 Å². The molecule has 1 aliphatic rings. The first kappa shape index (κ1) is 21.9. The van der Waals surface area contributed by atoms with Gasteiger partial charge in [-0.15, -0.1) is 0 Å². The molecule has 1 aliphatic carbocycles. The zero-order valence-corrected chi connectivity index (χ0v) is 18.5. The second kappa shape index (κ2) is 8.93. The van der Waals surface area contributed by atoms with Gasteiger partial charge in [0, 0.05) is 11.0 Å². The van der Waals surface area contributed by atoms with Crippen molar-refractivity contribution in [2.75, 3.05) is 5.75 Å². The molecule has 1 atom stereocenters. The SMILES string of the molecule is Cc1cccc([C@@H](CCc2ccccc2C(C)(C)O)SCC2(CC(=O)O)CC2)c1. The Balaban J connectivity index is 1.75. The van der Waals surface area contributed by atoms with E-state index in [1.165, 1.54) is 16.7 Å². The topological polar surface area (TPSA) is 57.5 Å². The summed E-state index contributed by atoms with van der Waals surface area (Å²) in [6.45, 7) is 5.78. The molecule has 0 amide bonds. The normalized spacial score (nSPS) is 16.4. The molecule has 0 saturated heterocycles. The molecule has 4 heteroatoms. The number of carbonyl (C=O) groups is 1. The van der Waals surface area contributed by atoms with E-state index in [2.05, 4.69) is 37.3 Å². The predicted molar refractivity (Wildman–Crippen MR) is 120 cm³/mol. The van der Waals surface area contributed by atoms with Gasteiger partial charge in [0.1, 0.15) is 0 Å². The van der Waals surface area contributed by atoms with Crippen molar-refractivity contribution in [3.8, 4) is 0 Å². The van der Waals surface area contributed by atoms with Gasteiger partial charge in [-0.2, -0.15) is 11.8 Å². The van der Waals surface area contributed by atoms with E-state index < -0.39 is 11.6 Å². The van der Waals surface area contributed by atoms with Crippen LogP contribution in [0.5, 0.6) is 0 Å². The molecule has 0 aliphatic heterocycles. The first-order chi connectivity index (χ1) is 13.7. The first-order valence-corrected chi connectivity index (χ1v) is 11.4. The third kappa shape index (κ3) is 6.10. The highest BCUT2D eigenvalue weighted by molar-refractivity contribution is 7.99. The largest absolute Gasteiger partial charge is 0.481 e. The molecule has 2 aromatic carbocycles. The number of benzene rings is 2. The van der Waals surface area contributed by atoms with Gasteiger partial charge in [-0.1, -0.05) is 54.1 Å². The maximum absolute atomic E-state index is 11.2. The molecule has 0 unspecified atom stereocenters. The number of thioether (sulfide) groups is 1. The van der Waals surface area contributed by atoms with Crippen molar-refractivity contribution < 1.29 is 15.0 Å². The summed E-state index contributed by atoms with van der Waals surface area (Å²) in [6, 6.07) is 16.8. The van der Waals surface area contributed by atoms with Crippen molar-refractivity contribution in [3.63, 3.8) is 0 Å². The van der Waals surface area contributed by atoms with Crippen LogP contribution >= 0.6 is 11.8 Å². The van der Waals surface area contributed by atoms with E-state index in [-0.39, 0.29) is 11.8 Å². The van der Waals surface area contributed by atoms with Crippen LogP contribution in [0, 0.1) is 12.3 Å². The van der Waals surface area contributed by atoms with Crippen LogP contribution in [0.15, 0.2) is 48.5 Å². The smallest absolute Gasteiger partial charge is 0.303 e. The molecular formula is C25H32O3S. The van der Waals surface area contributed by atoms with Crippen molar-refractivity contribution in [2.45, 2.75) is 63.7 Å². The maximum Gasteiger partial charge on any atom is 0.303 e. The summed E-state index contributed by atoms with van der Waals surface area (Å²) in [5.41, 5.74) is 3.85. The Morgan fingerprint density at radius 3 is 2.52 bits per heavy atom. The molecule has 3 nitrogen and oxygen atoms in total. The fraction of sp³-hybridized carbons (Fsp3) is 0.480. The highest BCUT2D eigenvalue weighted by Crippen LogP contribution is 2.53. The van der Waals surface area contributed by atoms with Crippen molar-refractivity contribution in [2.24, 2.45) is 5.41 Å². The Hall–Kier alpha value is -1.78. The van der Waals surface area contributed by atoms with E-state index in [9.17, 15) is 15.0 Å². The fourth-order valence-corrected chi connectivity index (χ4v) is 5.55. The Kier molecular flexibility index (Phi) is 6.75. The third-order valence-corrected chi connectivity index (χ3v) is 7.53. The number of aliphatic hydroxyl groups is 1. The van der Waals surface area contributed by atoms with Gasteiger partial charge < -0.3 is 10.2 Å². The summed E-state index contributed by atoms with van der Waals surface area (Å²) in [5, 5.41) is 20.1. The number of rotatable bonds is 10. The number of aliphatic carboxylic acids is 1. The summed E-state index contributed by atoms with van der Waals surface area (Å²) in [6.07, 6.45) is 4.17. The Bertz CT molecular complexity index is 849. The van der Waals surface area contributed by atoms with E-state index >= 15 is 0 Å². The van der Waals surface area contributed by atoms with Crippen LogP contribution in [-0.4, -0.2) is 21.9 Å². The minimum atomic E-state index is -0.859. The van der Waals surface area contributed by atoms with Crippen molar-refractivity contribution in [3.05, 3.63) is 70.8 Å². The van der Waals surface area contributed by atoms with E-state index in [0.717, 1.165) is 37.0 Å². The zero-order valence-electron chi connectivity index (χ0n) is 17.6. The van der Waals surface area contributed by atoms with Gasteiger partial charge in [-0.3, -0.25) is 4.79 Å². The molecule has 0 aromatic heterocycles. The molecule has 0 spiro atoms. The maximum atomic E-state index is 11.2. The fourth-order valence-electron chi connectivity index (χ4n) is 3.99. The van der Waals surface area contributed by atoms with Gasteiger partial charge in [0.05, 0.1) is 12.0 Å². The first-order valence-electron chi connectivity index (χ1n) is 10.4. The van der Waals surface area contributed by atoms with E-state index in [1.807, 2.05) is 43.8 Å². The second-order valence-corrected chi connectivity index (χ2v) is 10.2. The van der Waals surface area contributed by atoms with Crippen molar-refractivity contribution >= 4 is 17.7 Å². The lowest BCUT2D eigenvalue weighted by Gasteiger charge is -2.24. The zero-order chi connectivity index (χ0) is 21.1. The molecule has 1 saturated carbocycles. The van der Waals surface area contributed by atoms with Crippen LogP contribution in [0.3, 0.4) is 0 Å². The molecule has 0 bridgehead atoms. The lowest BCUT2D eigenvalue weighted by molar-refractivity contribution is -0.138. The van der Waals surface area contributed by atoms with E-state index in [1.54, 1.807) is 0 Å². The molecule has 156 valence electrons. The number of carboxylic acid groups (broad SMARTS) is 1. The summed E-state index contributed by atoms with van der Waals surface area (Å²) >= 11 is 1.90. The van der Waals surface area contributed by atoms with Crippen LogP contribution in [-0.2, 0) is 16.8 Å². The van der Waals surface area contributed by atoms with E-state index in [4.69, 9.17) is 0 Å². The summed E-state index contributed by atoms with van der Waals surface area (Å²) in [5.74, 6) is 0.208. The Morgan fingerprint density at radius 1 is 1.17 bits per heavy atom. The number of hydrogen-bond acceptors (Lipinski definition) is 3. The molecule has 1 fully saturated rings. The number of aryl methyl sites for hydroxylation is 2. The summed E-state index contributed by atoms with van der Waals surface area (Å²) in [7, 11) is 0. The lowest BCUT2D eigenvalue weighted by Crippen LogP contribution is -2.18. The molecule has 29 heavy (non-hydrogen) atoms. The third-order valence-electron chi connectivity index (χ3n) is 5.84. The lowest BCUT2D eigenvalue weighted by atomic mass is 9.90.